The van der Waals surface area contributed by atoms with Gasteiger partial charge in [-0.3, -0.25) is 0 Å². The first-order chi connectivity index (χ1) is 23.6. The average molecular weight is 827 g/mol. The molecule has 52 heavy (non-hydrogen) atoms. The van der Waals surface area contributed by atoms with Gasteiger partial charge in [0.2, 0.25) is 0 Å². The van der Waals surface area contributed by atoms with Crippen LogP contribution in [0.3, 0.4) is 0 Å². The number of rotatable bonds is 2. The quantitative estimate of drug-likeness (QED) is 0.156. The smallest absolute Gasteiger partial charge is 0.423 e. The SMILES string of the molecule is N#Cc1c(F)cc(-c2ccc(C(F)(F)F)cc2C(F)(F)F)cc1F.N#Cc1c(F)cc(Br)cc1F.OB(O)c1ccc(C(F)(F)F)cc1C(F)(F)F. The number of benzene rings is 4. The van der Waals surface area contributed by atoms with E-state index < -0.39 is 105 Å². The van der Waals surface area contributed by atoms with Crippen LogP contribution in [0.2, 0.25) is 0 Å². The molecule has 4 rings (SSSR count). The Kier molecular flexibility index (Phi) is 13.6. The van der Waals surface area contributed by atoms with Gasteiger partial charge in [0.1, 0.15) is 46.5 Å². The lowest BCUT2D eigenvalue weighted by atomic mass is 9.76. The topological polar surface area (TPSA) is 88.0 Å². The molecule has 0 aliphatic rings. The van der Waals surface area contributed by atoms with E-state index >= 15 is 0 Å². The summed E-state index contributed by atoms with van der Waals surface area (Å²) in [6, 6.07) is 6.91. The van der Waals surface area contributed by atoms with Crippen LogP contribution in [0.5, 0.6) is 0 Å². The first-order valence-electron chi connectivity index (χ1n) is 13.0. The zero-order valence-electron chi connectivity index (χ0n) is 24.6. The molecule has 0 fully saturated rings. The van der Waals surface area contributed by atoms with Crippen LogP contribution in [-0.2, 0) is 24.7 Å². The third-order valence-electron chi connectivity index (χ3n) is 6.20. The molecule has 0 aliphatic carbocycles. The monoisotopic (exact) mass is 826 g/mol. The van der Waals surface area contributed by atoms with Crippen molar-refractivity contribution in [1.82, 2.24) is 0 Å². The van der Waals surface area contributed by atoms with Gasteiger partial charge >= 0.3 is 31.8 Å². The second-order valence-electron chi connectivity index (χ2n) is 9.71. The second kappa shape index (κ2) is 16.3. The molecule has 0 spiro atoms. The summed E-state index contributed by atoms with van der Waals surface area (Å²) >= 11 is 2.89. The van der Waals surface area contributed by atoms with Gasteiger partial charge in [-0.05, 0) is 59.1 Å². The zero-order chi connectivity index (χ0) is 40.1. The first kappa shape index (κ1) is 43.4. The van der Waals surface area contributed by atoms with Crippen molar-refractivity contribution in [3.8, 4) is 23.3 Å². The lowest BCUT2D eigenvalue weighted by Crippen LogP contribution is -2.36. The number of nitriles is 2. The predicted molar refractivity (Wildman–Crippen MR) is 152 cm³/mol. The Morgan fingerprint density at radius 1 is 0.519 bits per heavy atom. The Morgan fingerprint density at radius 2 is 0.885 bits per heavy atom. The molecule has 0 saturated heterocycles. The van der Waals surface area contributed by atoms with E-state index in [1.54, 1.807) is 0 Å². The van der Waals surface area contributed by atoms with E-state index in [2.05, 4.69) is 15.9 Å². The maximum absolute atomic E-state index is 13.6. The highest BCUT2D eigenvalue weighted by Gasteiger charge is 2.40. The molecule has 0 aliphatic heterocycles. The van der Waals surface area contributed by atoms with Gasteiger partial charge in [0.25, 0.3) is 0 Å². The molecule has 22 heteroatoms. The number of hydrogen-bond acceptors (Lipinski definition) is 4. The van der Waals surface area contributed by atoms with Gasteiger partial charge in [0.15, 0.2) is 0 Å². The van der Waals surface area contributed by atoms with Crippen molar-refractivity contribution < 1.29 is 80.3 Å². The Bertz CT molecular complexity index is 1970. The fourth-order valence-corrected chi connectivity index (χ4v) is 4.30. The van der Waals surface area contributed by atoms with E-state index in [4.69, 9.17) is 20.6 Å². The molecule has 0 radical (unpaired) electrons. The molecular weight excluding hydrogens is 815 g/mol. The molecule has 4 aromatic rings. The van der Waals surface area contributed by atoms with Gasteiger partial charge in [0, 0.05) is 4.47 Å². The minimum absolute atomic E-state index is 0.136. The maximum Gasteiger partial charge on any atom is 0.489 e. The van der Waals surface area contributed by atoms with Crippen LogP contribution < -0.4 is 5.46 Å². The maximum atomic E-state index is 13.6. The molecule has 2 N–H and O–H groups in total. The predicted octanol–water partition coefficient (Wildman–Crippen LogP) is 9.54. The minimum atomic E-state index is -5.18. The molecule has 4 nitrogen and oxygen atoms in total. The van der Waals surface area contributed by atoms with Gasteiger partial charge in [-0.15, -0.1) is 0 Å². The van der Waals surface area contributed by atoms with Crippen LogP contribution in [0.15, 0.2) is 65.1 Å². The highest BCUT2D eigenvalue weighted by Crippen LogP contribution is 2.41. The van der Waals surface area contributed by atoms with Gasteiger partial charge in [-0.25, -0.2) is 17.6 Å². The van der Waals surface area contributed by atoms with Gasteiger partial charge in [0.05, 0.1) is 22.3 Å². The summed E-state index contributed by atoms with van der Waals surface area (Å²) in [7, 11) is -2.49. The van der Waals surface area contributed by atoms with E-state index in [0.717, 1.165) is 12.1 Å². The molecule has 0 amide bonds. The molecule has 0 saturated carbocycles. The van der Waals surface area contributed by atoms with Crippen molar-refractivity contribution in [2.45, 2.75) is 24.7 Å². The lowest BCUT2D eigenvalue weighted by molar-refractivity contribution is -0.144. The van der Waals surface area contributed by atoms with Crippen LogP contribution in [0.1, 0.15) is 33.4 Å². The normalized spacial score (nSPS) is 11.7. The summed E-state index contributed by atoms with van der Waals surface area (Å²) in [6.07, 6.45) is -20.2. The van der Waals surface area contributed by atoms with E-state index in [-0.39, 0.29) is 16.6 Å². The summed E-state index contributed by atoms with van der Waals surface area (Å²) in [6.45, 7) is 0. The van der Waals surface area contributed by atoms with Crippen LogP contribution in [-0.4, -0.2) is 17.2 Å². The summed E-state index contributed by atoms with van der Waals surface area (Å²) in [5.74, 6) is -4.53. The standard InChI is InChI=1S/C15H5F8N.C8H5BF6O2.C7H2BrF2N/c16-12-3-7(4-13(17)10(12)6-24)9-2-1-8(14(18,19)20)5-11(9)15(21,22)23;10-7(11,12)4-1-2-6(9(16)17)5(3-4)8(13,14)15;8-4-1-6(9)5(3-11)7(10)2-4/h1-5H;1-3,16-17H;1-2H. The summed E-state index contributed by atoms with van der Waals surface area (Å²) in [4.78, 5) is 0. The van der Waals surface area contributed by atoms with Crippen LogP contribution in [0, 0.1) is 45.9 Å². The van der Waals surface area contributed by atoms with Gasteiger partial charge in [-0.2, -0.15) is 63.2 Å². The Morgan fingerprint density at radius 3 is 1.23 bits per heavy atom. The number of nitrogens with zero attached hydrogens (tertiary/aromatic N) is 2. The molecule has 276 valence electrons. The Labute approximate surface area is 289 Å². The number of alkyl halides is 12. The molecule has 0 heterocycles. The van der Waals surface area contributed by atoms with E-state index in [0.29, 0.717) is 36.4 Å². The molecule has 0 aromatic heterocycles. The van der Waals surface area contributed by atoms with E-state index in [1.165, 1.54) is 12.1 Å². The molecular formula is C30H12BBrF16N2O2. The fraction of sp³-hybridized carbons (Fsp3) is 0.133. The number of hydrogen-bond donors (Lipinski definition) is 2. The highest BCUT2D eigenvalue weighted by molar-refractivity contribution is 9.10. The van der Waals surface area contributed by atoms with Crippen LogP contribution in [0.4, 0.5) is 70.2 Å². The van der Waals surface area contributed by atoms with Crippen molar-refractivity contribution in [1.29, 1.82) is 10.5 Å². The summed E-state index contributed by atoms with van der Waals surface area (Å²) < 4.78 is 203. The minimum Gasteiger partial charge on any atom is -0.423 e. The van der Waals surface area contributed by atoms with Crippen molar-refractivity contribution in [3.63, 3.8) is 0 Å². The summed E-state index contributed by atoms with van der Waals surface area (Å²) in [5.41, 5.74) is -10.5. The third kappa shape index (κ3) is 11.1. The highest BCUT2D eigenvalue weighted by atomic mass is 79.9. The van der Waals surface area contributed by atoms with Gasteiger partial charge in [-0.1, -0.05) is 34.1 Å². The van der Waals surface area contributed by atoms with Gasteiger partial charge < -0.3 is 10.0 Å². The van der Waals surface area contributed by atoms with Crippen molar-refractivity contribution in [2.75, 3.05) is 0 Å². The largest absolute Gasteiger partial charge is 0.489 e. The Hall–Kier alpha value is -4.80. The molecule has 0 atom stereocenters. The van der Waals surface area contributed by atoms with Crippen LogP contribution >= 0.6 is 15.9 Å². The fourth-order valence-electron chi connectivity index (χ4n) is 3.89. The van der Waals surface area contributed by atoms with Crippen LogP contribution in [0.25, 0.3) is 11.1 Å². The van der Waals surface area contributed by atoms with Crippen molar-refractivity contribution in [2.24, 2.45) is 0 Å². The first-order valence-corrected chi connectivity index (χ1v) is 13.8. The Balaban J connectivity index is 0.000000291. The average Bonchev–Trinajstić information content (AvgIpc) is 2.99. The molecule has 4 aromatic carbocycles. The van der Waals surface area contributed by atoms with E-state index in [1.807, 2.05) is 0 Å². The van der Waals surface area contributed by atoms with Crippen molar-refractivity contribution in [3.05, 3.63) is 122 Å². The number of halogens is 17. The molecule has 0 bridgehead atoms. The van der Waals surface area contributed by atoms with E-state index in [9.17, 15) is 70.2 Å². The van der Waals surface area contributed by atoms with Crippen molar-refractivity contribution >= 4 is 28.5 Å². The lowest BCUT2D eigenvalue weighted by Gasteiger charge is -2.16. The third-order valence-corrected chi connectivity index (χ3v) is 6.66. The molecule has 0 unspecified atom stereocenters. The summed E-state index contributed by atoms with van der Waals surface area (Å²) in [5, 5.41) is 34.1. The second-order valence-corrected chi connectivity index (χ2v) is 10.6. The zero-order valence-corrected chi connectivity index (χ0v) is 26.2.